The minimum atomic E-state index is -0.999. The van der Waals surface area contributed by atoms with Crippen molar-refractivity contribution in [1.82, 2.24) is 0 Å². The average molecular weight is 326 g/mol. The van der Waals surface area contributed by atoms with Gasteiger partial charge in [-0.1, -0.05) is 0 Å². The zero-order valence-electron chi connectivity index (χ0n) is 8.48. The third-order valence-electron chi connectivity index (χ3n) is 1.97. The van der Waals surface area contributed by atoms with Crippen LogP contribution in [0.1, 0.15) is 5.56 Å². The van der Waals surface area contributed by atoms with Crippen LogP contribution in [0.2, 0.25) is 0 Å². The summed E-state index contributed by atoms with van der Waals surface area (Å²) in [4.78, 5) is 0. The Balaban J connectivity index is 3.04. The minimum absolute atomic E-state index is 0.00444. The van der Waals surface area contributed by atoms with Crippen LogP contribution in [0.5, 0.6) is 0 Å². The Morgan fingerprint density at radius 1 is 1.59 bits per heavy atom. The summed E-state index contributed by atoms with van der Waals surface area (Å²) in [5.41, 5.74) is -0.747. The summed E-state index contributed by atoms with van der Waals surface area (Å²) in [6, 6.07) is 2.42. The summed E-state index contributed by atoms with van der Waals surface area (Å²) in [7, 11) is 0. The summed E-state index contributed by atoms with van der Waals surface area (Å²) < 4.78 is 27.0. The first-order chi connectivity index (χ1) is 8.01. The van der Waals surface area contributed by atoms with Crippen molar-refractivity contribution in [2.45, 2.75) is 6.10 Å². The molecule has 0 radical (unpaired) electrons. The van der Waals surface area contributed by atoms with Crippen LogP contribution < -0.4 is 5.32 Å². The molecule has 0 aliphatic carbocycles. The topological polar surface area (TPSA) is 56.0 Å². The van der Waals surface area contributed by atoms with Gasteiger partial charge in [-0.2, -0.15) is 5.26 Å². The highest BCUT2D eigenvalue weighted by molar-refractivity contribution is 9.10. The molecule has 7 heteroatoms. The number of anilines is 1. The lowest BCUT2D eigenvalue weighted by molar-refractivity contribution is 0.211. The molecule has 1 aromatic carbocycles. The minimum Gasteiger partial charge on any atom is -0.390 e. The van der Waals surface area contributed by atoms with Crippen molar-refractivity contribution in [2.24, 2.45) is 0 Å². The lowest BCUT2D eigenvalue weighted by Gasteiger charge is -2.13. The van der Waals surface area contributed by atoms with Gasteiger partial charge < -0.3 is 10.4 Å². The second-order valence-corrected chi connectivity index (χ2v) is 4.37. The molecule has 92 valence electrons. The molecule has 17 heavy (non-hydrogen) atoms. The fraction of sp³-hybridized carbons (Fsp3) is 0.300. The van der Waals surface area contributed by atoms with Crippen molar-refractivity contribution in [2.75, 3.05) is 17.7 Å². The van der Waals surface area contributed by atoms with Gasteiger partial charge in [0.1, 0.15) is 17.4 Å². The molecule has 0 saturated heterocycles. The maximum atomic E-state index is 13.7. The number of aliphatic hydroxyl groups is 1. The first-order valence-electron chi connectivity index (χ1n) is 4.56. The van der Waals surface area contributed by atoms with E-state index in [2.05, 4.69) is 21.2 Å². The van der Waals surface area contributed by atoms with Crippen molar-refractivity contribution in [3.63, 3.8) is 0 Å². The summed E-state index contributed by atoms with van der Waals surface area (Å²) in [5, 5.41) is 20.4. The molecule has 1 rings (SSSR count). The molecule has 0 amide bonds. The monoisotopic (exact) mass is 324 g/mol. The molecule has 0 aliphatic rings. The zero-order valence-corrected chi connectivity index (χ0v) is 10.8. The van der Waals surface area contributed by atoms with E-state index in [9.17, 15) is 13.9 Å². The standard InChI is InChI=1S/C10H8BrClF2N2O/c11-7-1-8(13)6(3-15)9(14)10(7)16-4-5(17)2-12/h1,5,16-17H,2,4H2. The van der Waals surface area contributed by atoms with E-state index in [4.69, 9.17) is 16.9 Å². The fourth-order valence-electron chi connectivity index (χ4n) is 1.13. The number of hydrogen-bond acceptors (Lipinski definition) is 3. The lowest BCUT2D eigenvalue weighted by atomic mass is 10.2. The highest BCUT2D eigenvalue weighted by atomic mass is 79.9. The van der Waals surface area contributed by atoms with E-state index in [1.165, 1.54) is 6.07 Å². The van der Waals surface area contributed by atoms with Crippen LogP contribution >= 0.6 is 27.5 Å². The number of nitrogens with one attached hydrogen (secondary N) is 1. The third-order valence-corrected chi connectivity index (χ3v) is 2.96. The molecule has 0 bridgehead atoms. The summed E-state index contributed by atoms with van der Waals surface area (Å²) in [5.74, 6) is -1.96. The van der Waals surface area contributed by atoms with Gasteiger partial charge in [0.2, 0.25) is 0 Å². The fourth-order valence-corrected chi connectivity index (χ4v) is 1.75. The first-order valence-corrected chi connectivity index (χ1v) is 5.89. The molecular weight excluding hydrogens is 317 g/mol. The van der Waals surface area contributed by atoms with Crippen LogP contribution in [0, 0.1) is 23.0 Å². The van der Waals surface area contributed by atoms with E-state index in [0.717, 1.165) is 6.07 Å². The van der Waals surface area contributed by atoms with Crippen LogP contribution in [0.3, 0.4) is 0 Å². The van der Waals surface area contributed by atoms with Crippen molar-refractivity contribution >= 4 is 33.2 Å². The van der Waals surface area contributed by atoms with E-state index in [-0.39, 0.29) is 22.6 Å². The Morgan fingerprint density at radius 3 is 2.76 bits per heavy atom. The second-order valence-electron chi connectivity index (χ2n) is 3.21. The Bertz CT molecular complexity index is 465. The van der Waals surface area contributed by atoms with Gasteiger partial charge >= 0.3 is 0 Å². The molecule has 3 nitrogen and oxygen atoms in total. The molecule has 0 fully saturated rings. The average Bonchev–Trinajstić information content (AvgIpc) is 2.28. The number of hydrogen-bond donors (Lipinski definition) is 2. The third kappa shape index (κ3) is 3.28. The Hall–Kier alpha value is -0.900. The number of aliphatic hydroxyl groups excluding tert-OH is 1. The molecule has 0 aliphatic heterocycles. The molecule has 0 aromatic heterocycles. The van der Waals surface area contributed by atoms with Crippen molar-refractivity contribution < 1.29 is 13.9 Å². The zero-order chi connectivity index (χ0) is 13.0. The van der Waals surface area contributed by atoms with Gasteiger partial charge in [-0.15, -0.1) is 11.6 Å². The number of halogens is 4. The number of benzene rings is 1. The van der Waals surface area contributed by atoms with E-state index < -0.39 is 23.3 Å². The predicted octanol–water partition coefficient (Wildman–Crippen LogP) is 2.61. The largest absolute Gasteiger partial charge is 0.390 e. The normalized spacial score (nSPS) is 12.0. The van der Waals surface area contributed by atoms with Gasteiger partial charge in [0.05, 0.1) is 17.7 Å². The van der Waals surface area contributed by atoms with Crippen LogP contribution in [-0.4, -0.2) is 23.6 Å². The van der Waals surface area contributed by atoms with Gasteiger partial charge in [0.25, 0.3) is 0 Å². The first kappa shape index (κ1) is 14.2. The van der Waals surface area contributed by atoms with Crippen molar-refractivity contribution in [3.05, 3.63) is 27.7 Å². The molecular formula is C10H8BrClF2N2O. The van der Waals surface area contributed by atoms with Crippen LogP contribution in [0.15, 0.2) is 10.5 Å². The van der Waals surface area contributed by atoms with Crippen LogP contribution in [0.25, 0.3) is 0 Å². The van der Waals surface area contributed by atoms with Crippen molar-refractivity contribution in [3.8, 4) is 6.07 Å². The molecule has 0 saturated carbocycles. The maximum absolute atomic E-state index is 13.7. The maximum Gasteiger partial charge on any atom is 0.168 e. The van der Waals surface area contributed by atoms with Gasteiger partial charge in [0, 0.05) is 11.0 Å². The summed E-state index contributed by atoms with van der Waals surface area (Å²) in [6.07, 6.45) is -0.862. The Labute approximate surface area is 110 Å². The van der Waals surface area contributed by atoms with Crippen LogP contribution in [-0.2, 0) is 0 Å². The molecule has 1 unspecified atom stereocenters. The van der Waals surface area contributed by atoms with Crippen molar-refractivity contribution in [1.29, 1.82) is 5.26 Å². The molecule has 1 atom stereocenters. The van der Waals surface area contributed by atoms with E-state index >= 15 is 0 Å². The number of alkyl halides is 1. The highest BCUT2D eigenvalue weighted by Gasteiger charge is 2.17. The number of rotatable bonds is 4. The Morgan fingerprint density at radius 2 is 2.24 bits per heavy atom. The van der Waals surface area contributed by atoms with E-state index in [1.807, 2.05) is 0 Å². The quantitative estimate of drug-likeness (QED) is 0.837. The second kappa shape index (κ2) is 6.15. The van der Waals surface area contributed by atoms with Gasteiger partial charge in [-0.05, 0) is 22.0 Å². The van der Waals surface area contributed by atoms with E-state index in [1.54, 1.807) is 0 Å². The predicted molar refractivity (Wildman–Crippen MR) is 64.0 cm³/mol. The van der Waals surface area contributed by atoms with Gasteiger partial charge in [-0.3, -0.25) is 0 Å². The lowest BCUT2D eigenvalue weighted by Crippen LogP contribution is -2.21. The molecule has 1 aromatic rings. The molecule has 0 heterocycles. The van der Waals surface area contributed by atoms with Gasteiger partial charge in [-0.25, -0.2) is 8.78 Å². The highest BCUT2D eigenvalue weighted by Crippen LogP contribution is 2.29. The van der Waals surface area contributed by atoms with E-state index in [0.29, 0.717) is 0 Å². The molecule has 2 N–H and O–H groups in total. The molecule has 0 spiro atoms. The smallest absolute Gasteiger partial charge is 0.168 e. The Kier molecular flexibility index (Phi) is 5.12. The number of nitriles is 1. The SMILES string of the molecule is N#Cc1c(F)cc(Br)c(NCC(O)CCl)c1F. The summed E-state index contributed by atoms with van der Waals surface area (Å²) >= 11 is 8.34. The van der Waals surface area contributed by atoms with Gasteiger partial charge in [0.15, 0.2) is 5.82 Å². The summed E-state index contributed by atoms with van der Waals surface area (Å²) in [6.45, 7) is -0.00444. The van der Waals surface area contributed by atoms with Crippen LogP contribution in [0.4, 0.5) is 14.5 Å². The number of nitrogens with zero attached hydrogens (tertiary/aromatic N) is 1.